The fourth-order valence-electron chi connectivity index (χ4n) is 6.37. The largest absolute Gasteiger partial charge is 0.497 e. The van der Waals surface area contributed by atoms with E-state index >= 15 is 0 Å². The van der Waals surface area contributed by atoms with Gasteiger partial charge in [0.2, 0.25) is 11.8 Å². The second-order valence-corrected chi connectivity index (χ2v) is 12.3. The SMILES string of the molecule is C.CCN1CCNC(=O)[C@H](Cc2ccc(OC)cc2)NC(=O)C2CCCN2Cc2cccc(c2)Nc2cc(ncn2)Nc2cccc(c2)C1. The number of carbonyl (C=O) groups excluding carboxylic acids is 2. The van der Waals surface area contributed by atoms with Gasteiger partial charge >= 0.3 is 0 Å². The minimum absolute atomic E-state index is 0. The second kappa shape index (κ2) is 16.9. The fraction of sp³-hybridized carbons (Fsp3) is 0.368. The lowest BCUT2D eigenvalue weighted by Gasteiger charge is -2.27. The molecule has 0 radical (unpaired) electrons. The van der Waals surface area contributed by atoms with Crippen LogP contribution in [0.1, 0.15) is 43.9 Å². The number of likely N-dealkylation sites (N-methyl/N-ethyl adjacent to an activating group) is 1. The molecule has 4 N–H and O–H groups in total. The van der Waals surface area contributed by atoms with Gasteiger partial charge in [0.05, 0.1) is 13.2 Å². The summed E-state index contributed by atoms with van der Waals surface area (Å²) in [6.07, 6.45) is 3.58. The number of hydrogen-bond donors (Lipinski definition) is 4. The Kier molecular flexibility index (Phi) is 12.2. The standard InChI is InChI=1S/C37H44N8O3.CH4/c1-3-44-18-16-38-36(46)32(21-26-12-14-31(48-2)15-13-26)43-37(47)33-11-6-17-45(33)24-28-8-5-10-30(20-28)42-35-22-34(39-25-40-35)41-29-9-4-7-27(19-29)23-44;/h4-5,7-10,12-15,19-20,22,25,32-33H,3,6,11,16-18,21,23-24H2,1-2H3,(H,38,46)(H,43,47)(H2,39,40,41,42);1H4/t32-,33?;/m0./s1. The molecule has 2 amide bonds. The molecular weight excluding hydrogens is 616 g/mol. The number of amides is 2. The van der Waals surface area contributed by atoms with Crippen molar-refractivity contribution < 1.29 is 14.3 Å². The Hall–Kier alpha value is -5.00. The number of carbonyl (C=O) groups is 2. The Morgan fingerprint density at radius 2 is 1.51 bits per heavy atom. The van der Waals surface area contributed by atoms with Crippen LogP contribution < -0.4 is 26.0 Å². The minimum atomic E-state index is -0.712. The lowest BCUT2D eigenvalue weighted by molar-refractivity contribution is -0.131. The van der Waals surface area contributed by atoms with Crippen LogP contribution in [-0.4, -0.2) is 77.0 Å². The first-order valence-electron chi connectivity index (χ1n) is 16.7. The van der Waals surface area contributed by atoms with E-state index in [1.807, 2.05) is 54.6 Å². The van der Waals surface area contributed by atoms with Gasteiger partial charge in [-0.15, -0.1) is 0 Å². The highest BCUT2D eigenvalue weighted by Gasteiger charge is 2.33. The number of benzene rings is 3. The normalized spacial score (nSPS) is 19.2. The van der Waals surface area contributed by atoms with Crippen molar-refractivity contribution >= 4 is 34.8 Å². The highest BCUT2D eigenvalue weighted by atomic mass is 16.5. The van der Waals surface area contributed by atoms with Crippen molar-refractivity contribution in [2.24, 2.45) is 0 Å². The summed E-state index contributed by atoms with van der Waals surface area (Å²) in [6.45, 7) is 6.20. The third kappa shape index (κ3) is 9.55. The zero-order valence-corrected chi connectivity index (χ0v) is 27.6. The summed E-state index contributed by atoms with van der Waals surface area (Å²) >= 11 is 0. The molecule has 1 saturated heterocycles. The number of fused-ring (bicyclic) bond motifs is 7. The molecular formula is C38H48N8O3. The van der Waals surface area contributed by atoms with Crippen LogP contribution in [0.2, 0.25) is 0 Å². The van der Waals surface area contributed by atoms with Crippen molar-refractivity contribution in [2.75, 3.05) is 43.9 Å². The summed E-state index contributed by atoms with van der Waals surface area (Å²) in [6, 6.07) is 24.9. The van der Waals surface area contributed by atoms with Gasteiger partial charge in [-0.05, 0) is 79.0 Å². The van der Waals surface area contributed by atoms with Crippen LogP contribution in [0.5, 0.6) is 5.75 Å². The predicted octanol–water partition coefficient (Wildman–Crippen LogP) is 5.25. The van der Waals surface area contributed by atoms with E-state index in [0.29, 0.717) is 37.7 Å². The topological polar surface area (TPSA) is 124 Å². The van der Waals surface area contributed by atoms with Gasteiger partial charge in [-0.25, -0.2) is 9.97 Å². The van der Waals surface area contributed by atoms with Crippen LogP contribution >= 0.6 is 0 Å². The predicted molar refractivity (Wildman–Crippen MR) is 194 cm³/mol. The summed E-state index contributed by atoms with van der Waals surface area (Å²) in [4.78, 5) is 40.9. The Bertz CT molecular complexity index is 1700. The van der Waals surface area contributed by atoms with Crippen molar-refractivity contribution in [2.45, 2.75) is 58.8 Å². The Morgan fingerprint density at radius 3 is 2.16 bits per heavy atom. The Balaban J connectivity index is 0.00000468. The Morgan fingerprint density at radius 1 is 0.837 bits per heavy atom. The highest BCUT2D eigenvalue weighted by Crippen LogP contribution is 2.25. The van der Waals surface area contributed by atoms with Crippen molar-refractivity contribution in [3.05, 3.63) is 102 Å². The van der Waals surface area contributed by atoms with Gasteiger partial charge in [0, 0.05) is 50.0 Å². The van der Waals surface area contributed by atoms with E-state index < -0.39 is 6.04 Å². The summed E-state index contributed by atoms with van der Waals surface area (Å²) in [5, 5.41) is 13.1. The van der Waals surface area contributed by atoms with Crippen molar-refractivity contribution in [3.8, 4) is 5.75 Å². The monoisotopic (exact) mass is 664 g/mol. The molecule has 6 bridgehead atoms. The van der Waals surface area contributed by atoms with E-state index in [1.165, 1.54) is 0 Å². The molecule has 6 rings (SSSR count). The van der Waals surface area contributed by atoms with Crippen molar-refractivity contribution in [1.82, 2.24) is 30.4 Å². The fourth-order valence-corrected chi connectivity index (χ4v) is 6.37. The molecule has 3 heterocycles. The van der Waals surface area contributed by atoms with Crippen molar-refractivity contribution in [3.63, 3.8) is 0 Å². The zero-order chi connectivity index (χ0) is 33.3. The number of rotatable bonds is 4. The maximum Gasteiger partial charge on any atom is 0.242 e. The zero-order valence-electron chi connectivity index (χ0n) is 27.6. The van der Waals surface area contributed by atoms with Gasteiger partial charge in [0.15, 0.2) is 0 Å². The van der Waals surface area contributed by atoms with E-state index in [2.05, 4.69) is 72.2 Å². The molecule has 11 heteroatoms. The molecule has 1 aromatic heterocycles. The third-order valence-corrected chi connectivity index (χ3v) is 8.93. The number of hydrogen-bond acceptors (Lipinski definition) is 9. The van der Waals surface area contributed by atoms with Gasteiger partial charge in [-0.3, -0.25) is 19.4 Å². The number of nitrogens with one attached hydrogen (secondary N) is 4. The molecule has 3 aromatic carbocycles. The first kappa shape index (κ1) is 35.3. The van der Waals surface area contributed by atoms with E-state index in [9.17, 15) is 9.59 Å². The van der Waals surface area contributed by atoms with E-state index in [1.54, 1.807) is 13.4 Å². The van der Waals surface area contributed by atoms with Crippen molar-refractivity contribution in [1.29, 1.82) is 0 Å². The summed E-state index contributed by atoms with van der Waals surface area (Å²) < 4.78 is 5.32. The molecule has 11 nitrogen and oxygen atoms in total. The molecule has 0 aliphatic carbocycles. The molecule has 49 heavy (non-hydrogen) atoms. The molecule has 1 unspecified atom stereocenters. The third-order valence-electron chi connectivity index (χ3n) is 8.93. The maximum absolute atomic E-state index is 13.8. The van der Waals surface area contributed by atoms with Gasteiger partial charge in [0.1, 0.15) is 29.8 Å². The number of methoxy groups -OCH3 is 1. The van der Waals surface area contributed by atoms with Crippen LogP contribution in [0, 0.1) is 0 Å². The number of nitrogens with zero attached hydrogens (tertiary/aromatic N) is 4. The number of anilines is 4. The maximum atomic E-state index is 13.8. The molecule has 0 saturated carbocycles. The average molecular weight is 665 g/mol. The van der Waals surface area contributed by atoms with Crippen LogP contribution in [0.25, 0.3) is 0 Å². The van der Waals surface area contributed by atoms with E-state index in [4.69, 9.17) is 4.74 Å². The van der Waals surface area contributed by atoms with Crippen LogP contribution in [0.4, 0.5) is 23.0 Å². The lowest BCUT2D eigenvalue weighted by Crippen LogP contribution is -2.53. The quantitative estimate of drug-likeness (QED) is 0.232. The minimum Gasteiger partial charge on any atom is -0.497 e. The summed E-state index contributed by atoms with van der Waals surface area (Å²) in [5.74, 6) is 1.80. The van der Waals surface area contributed by atoms with Gasteiger partial charge in [-0.1, -0.05) is 50.7 Å². The molecule has 4 aromatic rings. The van der Waals surface area contributed by atoms with Gasteiger partial charge in [-0.2, -0.15) is 0 Å². The molecule has 0 spiro atoms. The second-order valence-electron chi connectivity index (χ2n) is 12.3. The first-order valence-corrected chi connectivity index (χ1v) is 16.7. The first-order chi connectivity index (χ1) is 23.4. The van der Waals surface area contributed by atoms with Gasteiger partial charge in [0.25, 0.3) is 0 Å². The van der Waals surface area contributed by atoms with Crippen LogP contribution in [-0.2, 0) is 29.1 Å². The highest BCUT2D eigenvalue weighted by molar-refractivity contribution is 5.90. The molecule has 258 valence electrons. The lowest BCUT2D eigenvalue weighted by atomic mass is 10.0. The Labute approximate surface area is 289 Å². The van der Waals surface area contributed by atoms with E-state index in [0.717, 1.165) is 66.3 Å². The van der Waals surface area contributed by atoms with E-state index in [-0.39, 0.29) is 25.3 Å². The summed E-state index contributed by atoms with van der Waals surface area (Å²) in [5.41, 5.74) is 4.99. The molecule has 2 atom stereocenters. The number of aromatic nitrogens is 2. The average Bonchev–Trinajstić information content (AvgIpc) is 3.56. The summed E-state index contributed by atoms with van der Waals surface area (Å²) in [7, 11) is 1.63. The molecule has 2 aliphatic heterocycles. The van der Waals surface area contributed by atoms with Crippen LogP contribution in [0.3, 0.4) is 0 Å². The molecule has 1 fully saturated rings. The smallest absolute Gasteiger partial charge is 0.242 e. The van der Waals surface area contributed by atoms with Gasteiger partial charge < -0.3 is 26.0 Å². The molecule has 2 aliphatic rings. The van der Waals surface area contributed by atoms with Crippen LogP contribution in [0.15, 0.2) is 85.2 Å². The number of ether oxygens (including phenoxy) is 1.